The summed E-state index contributed by atoms with van der Waals surface area (Å²) >= 11 is 5.90. The fraction of sp³-hybridized carbons (Fsp3) is 0. The summed E-state index contributed by atoms with van der Waals surface area (Å²) in [5, 5.41) is 32.3. The van der Waals surface area contributed by atoms with E-state index in [2.05, 4.69) is 15.6 Å². The number of nitrogens with one attached hydrogen (secondary N) is 2. The van der Waals surface area contributed by atoms with E-state index < -0.39 is 5.91 Å². The molecule has 0 bridgehead atoms. The van der Waals surface area contributed by atoms with Crippen LogP contribution in [0.2, 0.25) is 5.15 Å². The average Bonchev–Trinajstić information content (AvgIpc) is 2.63. The Morgan fingerprint density at radius 1 is 0.960 bits per heavy atom. The molecule has 0 aliphatic carbocycles. The van der Waals surface area contributed by atoms with E-state index in [4.69, 9.17) is 27.4 Å². The largest absolute Gasteiger partial charge is 0.343 e. The molecule has 120 valence electrons. The van der Waals surface area contributed by atoms with Gasteiger partial charge in [0, 0.05) is 6.20 Å². The van der Waals surface area contributed by atoms with Crippen LogP contribution in [0.25, 0.3) is 0 Å². The molecule has 2 aromatic rings. The molecule has 7 nitrogen and oxygen atoms in total. The molecular formula is C17H9ClN6O. The number of nitriles is 3. The Labute approximate surface area is 148 Å². The number of pyridine rings is 1. The highest BCUT2D eigenvalue weighted by atomic mass is 35.5. The van der Waals surface area contributed by atoms with E-state index in [0.29, 0.717) is 11.4 Å². The van der Waals surface area contributed by atoms with Crippen molar-refractivity contribution in [2.24, 2.45) is 0 Å². The Balaban J connectivity index is 2.34. The van der Waals surface area contributed by atoms with Crippen LogP contribution in [0, 0.1) is 34.0 Å². The van der Waals surface area contributed by atoms with Gasteiger partial charge in [-0.05, 0) is 24.3 Å². The predicted octanol–water partition coefficient (Wildman–Crippen LogP) is 3.22. The number of benzene rings is 1. The molecule has 1 amide bonds. The van der Waals surface area contributed by atoms with Gasteiger partial charge in [0.1, 0.15) is 29.1 Å². The van der Waals surface area contributed by atoms with Crippen molar-refractivity contribution >= 4 is 28.9 Å². The molecule has 1 aromatic heterocycles. The summed E-state index contributed by atoms with van der Waals surface area (Å²) in [4.78, 5) is 16.2. The first kappa shape index (κ1) is 17.5. The smallest absolute Gasteiger partial charge is 0.258 e. The van der Waals surface area contributed by atoms with Gasteiger partial charge in [-0.1, -0.05) is 23.7 Å². The van der Waals surface area contributed by atoms with Gasteiger partial charge in [-0.15, -0.1) is 0 Å². The molecular weight excluding hydrogens is 340 g/mol. The summed E-state index contributed by atoms with van der Waals surface area (Å²) in [6.07, 6.45) is 1.46. The van der Waals surface area contributed by atoms with Gasteiger partial charge in [-0.3, -0.25) is 4.79 Å². The van der Waals surface area contributed by atoms with E-state index in [1.54, 1.807) is 48.5 Å². The number of nitrogens with zero attached hydrogens (tertiary/aromatic N) is 4. The van der Waals surface area contributed by atoms with Gasteiger partial charge in [0.2, 0.25) is 0 Å². The first-order chi connectivity index (χ1) is 12.1. The summed E-state index contributed by atoms with van der Waals surface area (Å²) in [5.41, 5.74) is 0.292. The number of amides is 1. The molecule has 0 aliphatic rings. The summed E-state index contributed by atoms with van der Waals surface area (Å²) in [6, 6.07) is 14.7. The first-order valence-electron chi connectivity index (χ1n) is 6.83. The second kappa shape index (κ2) is 8.12. The second-order valence-corrected chi connectivity index (χ2v) is 4.91. The van der Waals surface area contributed by atoms with Crippen LogP contribution >= 0.6 is 11.6 Å². The molecule has 0 radical (unpaired) electrons. The van der Waals surface area contributed by atoms with Crippen LogP contribution in [-0.4, -0.2) is 10.9 Å². The van der Waals surface area contributed by atoms with Crippen LogP contribution in [0.3, 0.4) is 0 Å². The molecule has 2 rings (SSSR count). The van der Waals surface area contributed by atoms with Crippen LogP contribution in [0.15, 0.2) is 53.9 Å². The van der Waals surface area contributed by atoms with E-state index in [0.717, 1.165) is 0 Å². The van der Waals surface area contributed by atoms with Gasteiger partial charge >= 0.3 is 0 Å². The van der Waals surface area contributed by atoms with Crippen molar-refractivity contribution in [3.05, 3.63) is 64.6 Å². The maximum atomic E-state index is 12.3. The van der Waals surface area contributed by atoms with Gasteiger partial charge < -0.3 is 10.6 Å². The molecule has 0 unspecified atom stereocenters. The van der Waals surface area contributed by atoms with Crippen molar-refractivity contribution in [3.63, 3.8) is 0 Å². The van der Waals surface area contributed by atoms with E-state index in [9.17, 15) is 4.79 Å². The summed E-state index contributed by atoms with van der Waals surface area (Å²) in [6.45, 7) is 0. The maximum Gasteiger partial charge on any atom is 0.258 e. The number of carbonyl (C=O) groups is 1. The average molecular weight is 349 g/mol. The van der Waals surface area contributed by atoms with Crippen molar-refractivity contribution in [1.29, 1.82) is 15.8 Å². The molecule has 0 fully saturated rings. The molecule has 25 heavy (non-hydrogen) atoms. The highest BCUT2D eigenvalue weighted by molar-refractivity contribution is 6.33. The Kier molecular flexibility index (Phi) is 5.68. The minimum atomic E-state index is -0.490. The zero-order valence-corrected chi connectivity index (χ0v) is 13.4. The van der Waals surface area contributed by atoms with Crippen molar-refractivity contribution < 1.29 is 4.79 Å². The third kappa shape index (κ3) is 4.11. The van der Waals surface area contributed by atoms with Crippen molar-refractivity contribution in [2.75, 3.05) is 10.6 Å². The minimum absolute atomic E-state index is 0.0549. The molecule has 0 saturated heterocycles. The van der Waals surface area contributed by atoms with Crippen LogP contribution in [0.1, 0.15) is 10.4 Å². The monoisotopic (exact) mass is 348 g/mol. The zero-order chi connectivity index (χ0) is 18.2. The van der Waals surface area contributed by atoms with Gasteiger partial charge in [0.15, 0.2) is 5.57 Å². The minimum Gasteiger partial charge on any atom is -0.343 e. The number of para-hydroxylation sites is 2. The van der Waals surface area contributed by atoms with E-state index in [-0.39, 0.29) is 22.0 Å². The van der Waals surface area contributed by atoms with Crippen LogP contribution in [0.5, 0.6) is 0 Å². The molecule has 2 N–H and O–H groups in total. The number of anilines is 2. The number of allylic oxidation sites excluding steroid dienone is 2. The van der Waals surface area contributed by atoms with Gasteiger partial charge in [0.05, 0.1) is 16.9 Å². The molecule has 0 spiro atoms. The number of aromatic nitrogens is 1. The molecule has 8 heteroatoms. The zero-order valence-electron chi connectivity index (χ0n) is 12.6. The van der Waals surface area contributed by atoms with Crippen LogP contribution in [-0.2, 0) is 0 Å². The maximum absolute atomic E-state index is 12.3. The van der Waals surface area contributed by atoms with Gasteiger partial charge in [0.25, 0.3) is 5.91 Å². The van der Waals surface area contributed by atoms with Crippen molar-refractivity contribution in [2.45, 2.75) is 0 Å². The van der Waals surface area contributed by atoms with E-state index >= 15 is 0 Å². The number of carbonyl (C=O) groups excluding carboxylic acids is 1. The SMILES string of the molecule is N#CC(C#N)=C(C#N)Nc1ccccc1NC(=O)c1cccnc1Cl. The van der Waals surface area contributed by atoms with Crippen LogP contribution < -0.4 is 10.6 Å². The molecule has 0 aliphatic heterocycles. The van der Waals surface area contributed by atoms with Gasteiger partial charge in [-0.25, -0.2) is 4.98 Å². The molecule has 0 atom stereocenters. The summed E-state index contributed by atoms with van der Waals surface area (Å²) < 4.78 is 0. The molecule has 1 aromatic carbocycles. The quantitative estimate of drug-likeness (QED) is 0.645. The third-order valence-corrected chi connectivity index (χ3v) is 3.33. The number of hydrogen-bond donors (Lipinski definition) is 2. The molecule has 1 heterocycles. The Morgan fingerprint density at radius 2 is 1.60 bits per heavy atom. The number of hydrogen-bond acceptors (Lipinski definition) is 6. The fourth-order valence-electron chi connectivity index (χ4n) is 1.86. The lowest BCUT2D eigenvalue weighted by Gasteiger charge is -2.12. The Morgan fingerprint density at radius 3 is 2.16 bits per heavy atom. The Hall–Kier alpha value is -3.86. The lowest BCUT2D eigenvalue weighted by Crippen LogP contribution is -2.14. The van der Waals surface area contributed by atoms with E-state index in [1.165, 1.54) is 12.3 Å². The van der Waals surface area contributed by atoms with E-state index in [1.807, 2.05) is 0 Å². The predicted molar refractivity (Wildman–Crippen MR) is 91.1 cm³/mol. The molecule has 0 saturated carbocycles. The number of halogens is 1. The van der Waals surface area contributed by atoms with Gasteiger partial charge in [-0.2, -0.15) is 15.8 Å². The third-order valence-electron chi connectivity index (χ3n) is 3.02. The standard InChI is InChI=1S/C17H9ClN6O/c18-16-12(4-3-7-22-16)17(25)24-14-6-2-1-5-13(14)23-15(10-21)11(8-19)9-20/h1-7,23H,(H,24,25). The summed E-state index contributed by atoms with van der Waals surface area (Å²) in [7, 11) is 0. The lowest BCUT2D eigenvalue weighted by atomic mass is 10.2. The first-order valence-corrected chi connectivity index (χ1v) is 7.21. The lowest BCUT2D eigenvalue weighted by molar-refractivity contribution is 0.102. The summed E-state index contributed by atoms with van der Waals surface area (Å²) in [5.74, 6) is -0.490. The normalized spacial score (nSPS) is 9.04. The second-order valence-electron chi connectivity index (χ2n) is 4.55. The number of rotatable bonds is 4. The highest BCUT2D eigenvalue weighted by Crippen LogP contribution is 2.24. The topological polar surface area (TPSA) is 125 Å². The van der Waals surface area contributed by atoms with Crippen molar-refractivity contribution in [1.82, 2.24) is 4.98 Å². The van der Waals surface area contributed by atoms with Crippen molar-refractivity contribution in [3.8, 4) is 18.2 Å². The fourth-order valence-corrected chi connectivity index (χ4v) is 2.07. The highest BCUT2D eigenvalue weighted by Gasteiger charge is 2.14. The van der Waals surface area contributed by atoms with Crippen LogP contribution in [0.4, 0.5) is 11.4 Å². The Bertz CT molecular complexity index is 962.